The molecule has 0 aromatic rings. The monoisotopic (exact) mass is 214 g/mol. The minimum Gasteiger partial charge on any atom is -0.478 e. The molecule has 4 heteroatoms. The Morgan fingerprint density at radius 3 is 2.13 bits per heavy atom. The van der Waals surface area contributed by atoms with Crippen LogP contribution in [0.25, 0.3) is 0 Å². The first-order valence-electron chi connectivity index (χ1n) is 5.24. The third-order valence-corrected chi connectivity index (χ3v) is 2.12. The Kier molecular flexibility index (Phi) is 7.32. The van der Waals surface area contributed by atoms with Gasteiger partial charge in [0.1, 0.15) is 0 Å². The lowest BCUT2D eigenvalue weighted by molar-refractivity contribution is -0.135. The smallest absolute Gasteiger partial charge is 0.331 e. The zero-order chi connectivity index (χ0) is 11.7. The highest BCUT2D eigenvalue weighted by Gasteiger charge is 2.08. The van der Waals surface area contributed by atoms with Crippen LogP contribution < -0.4 is 0 Å². The van der Waals surface area contributed by atoms with Gasteiger partial charge >= 0.3 is 11.9 Å². The van der Waals surface area contributed by atoms with Crippen LogP contribution in [0.2, 0.25) is 0 Å². The molecule has 0 amide bonds. The molecular weight excluding hydrogens is 196 g/mol. The molecule has 0 rings (SSSR count). The Morgan fingerprint density at radius 1 is 1.07 bits per heavy atom. The van der Waals surface area contributed by atoms with Crippen molar-refractivity contribution in [3.8, 4) is 0 Å². The fourth-order valence-electron chi connectivity index (χ4n) is 1.31. The van der Waals surface area contributed by atoms with E-state index in [0.717, 1.165) is 38.2 Å². The van der Waals surface area contributed by atoms with Crippen LogP contribution in [0.3, 0.4) is 0 Å². The average molecular weight is 214 g/mol. The van der Waals surface area contributed by atoms with E-state index in [0.29, 0.717) is 6.42 Å². The Morgan fingerprint density at radius 2 is 1.67 bits per heavy atom. The van der Waals surface area contributed by atoms with Gasteiger partial charge in [-0.25, -0.2) is 9.59 Å². The summed E-state index contributed by atoms with van der Waals surface area (Å²) in [6.45, 7) is 2.10. The summed E-state index contributed by atoms with van der Waals surface area (Å²) in [6.07, 6.45) is 6.18. The second-order valence-electron chi connectivity index (χ2n) is 3.48. The van der Waals surface area contributed by atoms with E-state index >= 15 is 0 Å². The standard InChI is InChI=1S/C11H18O4/c1-2-3-4-5-6-7-9(11(14)15)8-10(12)13/h8H,2-7H2,1H3,(H,12,13)(H,14,15)/b9-8+. The maximum Gasteiger partial charge on any atom is 0.331 e. The molecule has 2 N–H and O–H groups in total. The van der Waals surface area contributed by atoms with Crippen molar-refractivity contribution < 1.29 is 19.8 Å². The maximum atomic E-state index is 10.6. The Hall–Kier alpha value is -1.32. The van der Waals surface area contributed by atoms with Crippen molar-refractivity contribution in [2.24, 2.45) is 0 Å². The molecule has 0 fully saturated rings. The van der Waals surface area contributed by atoms with Crippen LogP contribution in [-0.4, -0.2) is 22.2 Å². The normalized spacial score (nSPS) is 11.4. The first-order chi connectivity index (χ1) is 7.07. The molecule has 0 heterocycles. The summed E-state index contributed by atoms with van der Waals surface area (Å²) >= 11 is 0. The number of carboxylic acid groups (broad SMARTS) is 2. The SMILES string of the molecule is CCCCCCC/C(=C\C(=O)O)C(=O)O. The lowest BCUT2D eigenvalue weighted by Crippen LogP contribution is -2.04. The van der Waals surface area contributed by atoms with E-state index < -0.39 is 11.9 Å². The Bertz CT molecular complexity index is 243. The summed E-state index contributed by atoms with van der Waals surface area (Å²) < 4.78 is 0. The molecule has 0 bridgehead atoms. The second-order valence-corrected chi connectivity index (χ2v) is 3.48. The summed E-state index contributed by atoms with van der Waals surface area (Å²) in [4.78, 5) is 20.9. The third-order valence-electron chi connectivity index (χ3n) is 2.12. The van der Waals surface area contributed by atoms with E-state index in [4.69, 9.17) is 10.2 Å². The van der Waals surface area contributed by atoms with Gasteiger partial charge in [-0.3, -0.25) is 0 Å². The van der Waals surface area contributed by atoms with Crippen LogP contribution in [-0.2, 0) is 9.59 Å². The number of hydrogen-bond donors (Lipinski definition) is 2. The maximum absolute atomic E-state index is 10.6. The summed E-state index contributed by atoms with van der Waals surface area (Å²) in [5, 5.41) is 17.1. The van der Waals surface area contributed by atoms with Crippen molar-refractivity contribution in [2.75, 3.05) is 0 Å². The van der Waals surface area contributed by atoms with Gasteiger partial charge in [-0.1, -0.05) is 32.6 Å². The minimum atomic E-state index is -1.19. The van der Waals surface area contributed by atoms with E-state index in [1.807, 2.05) is 0 Å². The molecule has 0 radical (unpaired) electrons. The van der Waals surface area contributed by atoms with Gasteiger partial charge < -0.3 is 10.2 Å². The molecule has 0 saturated heterocycles. The lowest BCUT2D eigenvalue weighted by atomic mass is 10.1. The van der Waals surface area contributed by atoms with Crippen molar-refractivity contribution in [1.82, 2.24) is 0 Å². The molecule has 4 nitrogen and oxygen atoms in total. The average Bonchev–Trinajstić information content (AvgIpc) is 2.15. The molecule has 0 atom stereocenters. The zero-order valence-corrected chi connectivity index (χ0v) is 9.03. The quantitative estimate of drug-likeness (QED) is 0.480. The van der Waals surface area contributed by atoms with E-state index in [1.54, 1.807) is 0 Å². The van der Waals surface area contributed by atoms with Crippen LogP contribution in [0.4, 0.5) is 0 Å². The largest absolute Gasteiger partial charge is 0.478 e. The van der Waals surface area contributed by atoms with Gasteiger partial charge in [-0.15, -0.1) is 0 Å². The van der Waals surface area contributed by atoms with Gasteiger partial charge in [0.25, 0.3) is 0 Å². The molecule has 0 aliphatic heterocycles. The molecule has 0 aromatic heterocycles. The topological polar surface area (TPSA) is 74.6 Å². The van der Waals surface area contributed by atoms with E-state index in [1.165, 1.54) is 0 Å². The van der Waals surface area contributed by atoms with E-state index in [2.05, 4.69) is 6.92 Å². The first-order valence-corrected chi connectivity index (χ1v) is 5.24. The highest BCUT2D eigenvalue weighted by molar-refractivity contribution is 5.94. The fraction of sp³-hybridized carbons (Fsp3) is 0.636. The Balaban J connectivity index is 3.88. The van der Waals surface area contributed by atoms with Crippen LogP contribution >= 0.6 is 0 Å². The molecule has 15 heavy (non-hydrogen) atoms. The molecule has 0 aromatic carbocycles. The van der Waals surface area contributed by atoms with Gasteiger partial charge in [0.2, 0.25) is 0 Å². The minimum absolute atomic E-state index is 0.0148. The molecule has 0 saturated carbocycles. The van der Waals surface area contributed by atoms with Crippen LogP contribution in [0.5, 0.6) is 0 Å². The molecule has 0 unspecified atom stereocenters. The first kappa shape index (κ1) is 13.7. The molecule has 0 spiro atoms. The second kappa shape index (κ2) is 8.03. The summed E-state index contributed by atoms with van der Waals surface area (Å²) in [7, 11) is 0. The van der Waals surface area contributed by atoms with Gasteiger partial charge in [0, 0.05) is 11.6 Å². The van der Waals surface area contributed by atoms with Gasteiger partial charge in [0.05, 0.1) is 0 Å². The highest BCUT2D eigenvalue weighted by Crippen LogP contribution is 2.11. The highest BCUT2D eigenvalue weighted by atomic mass is 16.4. The lowest BCUT2D eigenvalue weighted by Gasteiger charge is -2.01. The van der Waals surface area contributed by atoms with Crippen molar-refractivity contribution in [1.29, 1.82) is 0 Å². The van der Waals surface area contributed by atoms with Gasteiger partial charge in [-0.2, -0.15) is 0 Å². The summed E-state index contributed by atoms with van der Waals surface area (Å²) in [6, 6.07) is 0. The number of unbranched alkanes of at least 4 members (excludes halogenated alkanes) is 4. The number of carboxylic acids is 2. The van der Waals surface area contributed by atoms with Crippen molar-refractivity contribution in [3.63, 3.8) is 0 Å². The van der Waals surface area contributed by atoms with Crippen molar-refractivity contribution in [3.05, 3.63) is 11.6 Å². The van der Waals surface area contributed by atoms with Crippen molar-refractivity contribution in [2.45, 2.75) is 45.4 Å². The van der Waals surface area contributed by atoms with Crippen LogP contribution in [0, 0.1) is 0 Å². The summed E-state index contributed by atoms with van der Waals surface area (Å²) in [5.74, 6) is -2.33. The number of aliphatic carboxylic acids is 2. The number of carbonyl (C=O) groups is 2. The number of rotatable bonds is 8. The third kappa shape index (κ3) is 7.73. The number of hydrogen-bond acceptors (Lipinski definition) is 2. The van der Waals surface area contributed by atoms with E-state index in [-0.39, 0.29) is 5.57 Å². The van der Waals surface area contributed by atoms with Crippen molar-refractivity contribution >= 4 is 11.9 Å². The Labute approximate surface area is 89.6 Å². The molecule has 0 aliphatic rings. The fourth-order valence-corrected chi connectivity index (χ4v) is 1.31. The zero-order valence-electron chi connectivity index (χ0n) is 9.03. The molecule has 0 aliphatic carbocycles. The molecular formula is C11H18O4. The predicted molar refractivity (Wildman–Crippen MR) is 56.7 cm³/mol. The van der Waals surface area contributed by atoms with Crippen LogP contribution in [0.15, 0.2) is 11.6 Å². The molecule has 86 valence electrons. The van der Waals surface area contributed by atoms with Gasteiger partial charge in [-0.05, 0) is 12.8 Å². The predicted octanol–water partition coefficient (Wildman–Crippen LogP) is 2.44. The van der Waals surface area contributed by atoms with E-state index in [9.17, 15) is 9.59 Å². The van der Waals surface area contributed by atoms with Crippen LogP contribution in [0.1, 0.15) is 45.4 Å². The van der Waals surface area contributed by atoms with Gasteiger partial charge in [0.15, 0.2) is 0 Å². The summed E-state index contributed by atoms with van der Waals surface area (Å²) in [5.41, 5.74) is -0.0148.